The van der Waals surface area contributed by atoms with Gasteiger partial charge in [-0.2, -0.15) is 4.52 Å². The van der Waals surface area contributed by atoms with Crippen LogP contribution in [-0.4, -0.2) is 25.0 Å². The molecule has 2 aromatic heterocycles. The summed E-state index contributed by atoms with van der Waals surface area (Å²) in [5.41, 5.74) is 3.77. The molecule has 0 saturated carbocycles. The molecule has 6 heteroatoms. The zero-order chi connectivity index (χ0) is 14.1. The summed E-state index contributed by atoms with van der Waals surface area (Å²) in [7, 11) is 0. The molecule has 0 saturated heterocycles. The van der Waals surface area contributed by atoms with E-state index in [9.17, 15) is 0 Å². The topological polar surface area (TPSA) is 56.0 Å². The van der Waals surface area contributed by atoms with Gasteiger partial charge in [0, 0.05) is 5.75 Å². The molecule has 0 amide bonds. The molecule has 0 aliphatic rings. The van der Waals surface area contributed by atoms with Gasteiger partial charge < -0.3 is 0 Å². The van der Waals surface area contributed by atoms with Crippen LogP contribution in [0.1, 0.15) is 5.56 Å². The number of hydrogen-bond donors (Lipinski definition) is 0. The van der Waals surface area contributed by atoms with Crippen molar-refractivity contribution >= 4 is 28.4 Å². The minimum Gasteiger partial charge on any atom is -0.236 e. The van der Waals surface area contributed by atoms with Crippen molar-refractivity contribution < 1.29 is 0 Å². The van der Waals surface area contributed by atoms with Gasteiger partial charge in [0.1, 0.15) is 5.03 Å². The minimum absolute atomic E-state index is 0.703. The fourth-order valence-corrected chi connectivity index (χ4v) is 3.12. The van der Waals surface area contributed by atoms with Gasteiger partial charge in [0.2, 0.25) is 5.65 Å². The van der Waals surface area contributed by atoms with Crippen LogP contribution in [0.5, 0.6) is 0 Å². The molecule has 0 N–H and O–H groups in total. The Labute approximate surface area is 125 Å². The highest BCUT2D eigenvalue weighted by Crippen LogP contribution is 2.26. The molecular weight excluding hydrogens is 282 g/mol. The number of fused-ring (bicyclic) bond motifs is 3. The summed E-state index contributed by atoms with van der Waals surface area (Å²) in [6.45, 7) is 0. The van der Waals surface area contributed by atoms with E-state index in [1.807, 2.05) is 42.5 Å². The summed E-state index contributed by atoms with van der Waals surface area (Å²) in [5.74, 6) is 0.842. The Morgan fingerprint density at radius 3 is 2.67 bits per heavy atom. The quantitative estimate of drug-likeness (QED) is 0.544. The Morgan fingerprint density at radius 1 is 0.952 bits per heavy atom. The molecule has 2 heterocycles. The lowest BCUT2D eigenvalue weighted by Gasteiger charge is -2.05. The van der Waals surface area contributed by atoms with E-state index in [0.29, 0.717) is 5.65 Å². The molecule has 5 nitrogen and oxygen atoms in total. The fourth-order valence-electron chi connectivity index (χ4n) is 2.20. The summed E-state index contributed by atoms with van der Waals surface area (Å²) < 4.78 is 1.75. The van der Waals surface area contributed by atoms with Crippen LogP contribution in [0.2, 0.25) is 0 Å². The van der Waals surface area contributed by atoms with E-state index in [1.54, 1.807) is 16.3 Å². The van der Waals surface area contributed by atoms with Crippen molar-refractivity contribution in [3.63, 3.8) is 0 Å². The minimum atomic E-state index is 0.703. The third-order valence-corrected chi connectivity index (χ3v) is 4.24. The van der Waals surface area contributed by atoms with E-state index in [2.05, 4.69) is 27.7 Å². The highest BCUT2D eigenvalue weighted by atomic mass is 32.2. The zero-order valence-electron chi connectivity index (χ0n) is 11.0. The summed E-state index contributed by atoms with van der Waals surface area (Å²) in [4.78, 5) is 4.69. The molecule has 102 valence electrons. The first kappa shape index (κ1) is 12.3. The lowest BCUT2D eigenvalue weighted by atomic mass is 10.2. The molecule has 0 spiro atoms. The van der Waals surface area contributed by atoms with Crippen molar-refractivity contribution in [3.8, 4) is 0 Å². The van der Waals surface area contributed by atoms with Crippen LogP contribution < -0.4 is 0 Å². The van der Waals surface area contributed by atoms with Crippen LogP contribution in [0.3, 0.4) is 0 Å². The fraction of sp³-hybridized carbons (Fsp3) is 0.0667. The van der Waals surface area contributed by atoms with Crippen molar-refractivity contribution in [2.24, 2.45) is 0 Å². The number of benzene rings is 2. The van der Waals surface area contributed by atoms with Crippen LogP contribution in [0.25, 0.3) is 16.7 Å². The normalized spacial score (nSPS) is 11.2. The lowest BCUT2D eigenvalue weighted by molar-refractivity contribution is 0.839. The van der Waals surface area contributed by atoms with Crippen molar-refractivity contribution in [1.82, 2.24) is 25.0 Å². The van der Waals surface area contributed by atoms with Crippen LogP contribution in [0.15, 0.2) is 59.6 Å². The van der Waals surface area contributed by atoms with E-state index in [1.165, 1.54) is 5.56 Å². The molecule has 21 heavy (non-hydrogen) atoms. The van der Waals surface area contributed by atoms with Crippen LogP contribution in [0.4, 0.5) is 0 Å². The average molecular weight is 293 g/mol. The zero-order valence-corrected chi connectivity index (χ0v) is 11.9. The first-order valence-electron chi connectivity index (χ1n) is 6.55. The Balaban J connectivity index is 1.78. The van der Waals surface area contributed by atoms with Crippen molar-refractivity contribution in [3.05, 3.63) is 60.2 Å². The molecule has 4 rings (SSSR count). The third-order valence-electron chi connectivity index (χ3n) is 3.21. The van der Waals surface area contributed by atoms with Crippen LogP contribution in [-0.2, 0) is 5.75 Å². The van der Waals surface area contributed by atoms with Gasteiger partial charge in [-0.1, -0.05) is 54.2 Å². The number of thioether (sulfide) groups is 1. The van der Waals surface area contributed by atoms with E-state index in [4.69, 9.17) is 4.98 Å². The third kappa shape index (κ3) is 2.23. The van der Waals surface area contributed by atoms with Gasteiger partial charge >= 0.3 is 0 Å². The summed E-state index contributed by atoms with van der Waals surface area (Å²) in [6.07, 6.45) is 0. The molecular formula is C15H11N5S. The largest absolute Gasteiger partial charge is 0.236 e. The Bertz CT molecular complexity index is 904. The molecule has 0 aliphatic heterocycles. The van der Waals surface area contributed by atoms with Crippen LogP contribution in [0, 0.1) is 0 Å². The standard InChI is InChI=1S/C15H11N5S/c1-2-6-11(7-3-1)10-21-15-14-17-18-19-20(14)13-9-5-4-8-12(13)16-15/h1-9H,10H2. The monoisotopic (exact) mass is 293 g/mol. The predicted octanol–water partition coefficient (Wildman–Crippen LogP) is 2.96. The summed E-state index contributed by atoms with van der Waals surface area (Å²) in [5, 5.41) is 12.8. The van der Waals surface area contributed by atoms with E-state index in [0.717, 1.165) is 21.8 Å². The number of tetrazole rings is 1. The number of nitrogens with zero attached hydrogens (tertiary/aromatic N) is 5. The SMILES string of the molecule is c1ccc(CSc2nc3ccccc3n3nnnc23)cc1. The number of para-hydroxylation sites is 2. The predicted molar refractivity (Wildman–Crippen MR) is 82.1 cm³/mol. The van der Waals surface area contributed by atoms with Gasteiger partial charge in [0.05, 0.1) is 11.0 Å². The Kier molecular flexibility index (Phi) is 3.01. The second-order valence-corrected chi connectivity index (χ2v) is 5.56. The van der Waals surface area contributed by atoms with E-state index in [-0.39, 0.29) is 0 Å². The maximum Gasteiger partial charge on any atom is 0.212 e. The molecule has 0 bridgehead atoms. The van der Waals surface area contributed by atoms with Crippen molar-refractivity contribution in [2.45, 2.75) is 10.8 Å². The van der Waals surface area contributed by atoms with Gasteiger partial charge in [0.25, 0.3) is 0 Å². The van der Waals surface area contributed by atoms with Gasteiger partial charge in [-0.3, -0.25) is 0 Å². The molecule has 0 unspecified atom stereocenters. The molecule has 0 atom stereocenters. The Morgan fingerprint density at radius 2 is 1.76 bits per heavy atom. The molecule has 0 fully saturated rings. The van der Waals surface area contributed by atoms with E-state index < -0.39 is 0 Å². The number of hydrogen-bond acceptors (Lipinski definition) is 5. The molecule has 4 aromatic rings. The van der Waals surface area contributed by atoms with Crippen molar-refractivity contribution in [2.75, 3.05) is 0 Å². The maximum absolute atomic E-state index is 4.69. The van der Waals surface area contributed by atoms with Gasteiger partial charge in [-0.15, -0.1) is 5.10 Å². The maximum atomic E-state index is 4.69. The lowest BCUT2D eigenvalue weighted by Crippen LogP contribution is -1.96. The highest BCUT2D eigenvalue weighted by Gasteiger charge is 2.11. The first-order valence-corrected chi connectivity index (χ1v) is 7.54. The van der Waals surface area contributed by atoms with Gasteiger partial charge in [-0.05, 0) is 28.1 Å². The van der Waals surface area contributed by atoms with Gasteiger partial charge in [-0.25, -0.2) is 4.98 Å². The van der Waals surface area contributed by atoms with Crippen molar-refractivity contribution in [1.29, 1.82) is 0 Å². The first-order chi connectivity index (χ1) is 10.4. The highest BCUT2D eigenvalue weighted by molar-refractivity contribution is 7.98. The second-order valence-electron chi connectivity index (χ2n) is 4.59. The van der Waals surface area contributed by atoms with E-state index >= 15 is 0 Å². The number of aromatic nitrogens is 5. The average Bonchev–Trinajstić information content (AvgIpc) is 3.04. The smallest absolute Gasteiger partial charge is 0.212 e. The van der Waals surface area contributed by atoms with Gasteiger partial charge in [0.15, 0.2) is 0 Å². The molecule has 0 aliphatic carbocycles. The number of rotatable bonds is 3. The second kappa shape index (κ2) is 5.14. The van der Waals surface area contributed by atoms with Crippen LogP contribution >= 0.6 is 11.8 Å². The molecule has 0 radical (unpaired) electrons. The summed E-state index contributed by atoms with van der Waals surface area (Å²) >= 11 is 1.65. The summed E-state index contributed by atoms with van der Waals surface area (Å²) in [6, 6.07) is 18.2. The molecule has 2 aromatic carbocycles. The Hall–Kier alpha value is -2.47.